The Morgan fingerprint density at radius 2 is 1.85 bits per heavy atom. The van der Waals surface area contributed by atoms with Crippen molar-refractivity contribution in [1.82, 2.24) is 15.0 Å². The fraction of sp³-hybridized carbons (Fsp3) is 0.786. The van der Waals surface area contributed by atoms with Crippen molar-refractivity contribution in [2.45, 2.75) is 45.1 Å². The highest BCUT2D eigenvalue weighted by molar-refractivity contribution is 5.44. The monoisotopic (exact) mass is 276 g/mol. The van der Waals surface area contributed by atoms with Crippen LogP contribution in [0, 0.1) is 5.92 Å². The highest BCUT2D eigenvalue weighted by Crippen LogP contribution is 2.34. The lowest BCUT2D eigenvalue weighted by molar-refractivity contribution is 0.637. The van der Waals surface area contributed by atoms with Crippen molar-refractivity contribution >= 4 is 17.8 Å². The lowest BCUT2D eigenvalue weighted by atomic mass is 10.2. The maximum atomic E-state index is 4.58. The predicted molar refractivity (Wildman–Crippen MR) is 81.2 cm³/mol. The molecule has 2 heterocycles. The van der Waals surface area contributed by atoms with Gasteiger partial charge in [-0.2, -0.15) is 15.0 Å². The molecule has 1 aliphatic heterocycles. The second-order valence-electron chi connectivity index (χ2n) is 5.95. The van der Waals surface area contributed by atoms with E-state index in [0.29, 0.717) is 17.9 Å². The summed E-state index contributed by atoms with van der Waals surface area (Å²) in [6, 6.07) is 0.418. The Kier molecular flexibility index (Phi) is 3.89. The average Bonchev–Trinajstić information content (AvgIpc) is 3.08. The minimum atomic E-state index is 0.418. The molecule has 0 amide bonds. The van der Waals surface area contributed by atoms with E-state index < -0.39 is 0 Å². The van der Waals surface area contributed by atoms with Crippen molar-refractivity contribution in [3.63, 3.8) is 0 Å². The van der Waals surface area contributed by atoms with Crippen LogP contribution in [0.5, 0.6) is 0 Å². The first-order chi connectivity index (χ1) is 9.74. The molecule has 0 spiro atoms. The van der Waals surface area contributed by atoms with Crippen molar-refractivity contribution in [2.75, 3.05) is 35.7 Å². The van der Waals surface area contributed by atoms with Gasteiger partial charge in [0, 0.05) is 26.2 Å². The maximum Gasteiger partial charge on any atom is 0.231 e. The second-order valence-corrected chi connectivity index (χ2v) is 5.95. The molecule has 1 aromatic heterocycles. The van der Waals surface area contributed by atoms with Gasteiger partial charge in [0.15, 0.2) is 0 Å². The molecule has 1 aromatic rings. The van der Waals surface area contributed by atoms with Crippen LogP contribution in [0.25, 0.3) is 0 Å². The summed E-state index contributed by atoms with van der Waals surface area (Å²) in [5.74, 6) is 3.03. The van der Waals surface area contributed by atoms with Gasteiger partial charge in [0.1, 0.15) is 0 Å². The summed E-state index contributed by atoms with van der Waals surface area (Å²) in [6.45, 7) is 4.30. The second kappa shape index (κ2) is 5.81. The van der Waals surface area contributed by atoms with Crippen LogP contribution in [0.15, 0.2) is 0 Å². The largest absolute Gasteiger partial charge is 0.357 e. The van der Waals surface area contributed by atoms with E-state index >= 15 is 0 Å². The fourth-order valence-electron chi connectivity index (χ4n) is 2.73. The van der Waals surface area contributed by atoms with Gasteiger partial charge in [0.25, 0.3) is 0 Å². The molecule has 2 fully saturated rings. The lowest BCUT2D eigenvalue weighted by Crippen LogP contribution is -2.24. The molecule has 1 atom stereocenters. The van der Waals surface area contributed by atoms with Crippen LogP contribution in [0.1, 0.15) is 39.0 Å². The lowest BCUT2D eigenvalue weighted by Gasteiger charge is -2.18. The summed E-state index contributed by atoms with van der Waals surface area (Å²) in [6.07, 6.45) is 6.41. The SMILES string of the molecule is CNc1nc(NC(C)CC2CC2)nc(N2CCCC2)n1. The van der Waals surface area contributed by atoms with Crippen LogP contribution >= 0.6 is 0 Å². The Hall–Kier alpha value is -1.59. The Bertz CT molecular complexity index is 453. The van der Waals surface area contributed by atoms with E-state index in [0.717, 1.165) is 25.0 Å². The summed E-state index contributed by atoms with van der Waals surface area (Å²) in [5.41, 5.74) is 0. The molecule has 0 bridgehead atoms. The van der Waals surface area contributed by atoms with Gasteiger partial charge in [0.05, 0.1) is 0 Å². The van der Waals surface area contributed by atoms with Crippen LogP contribution in [-0.4, -0.2) is 41.1 Å². The maximum absolute atomic E-state index is 4.58. The zero-order valence-electron chi connectivity index (χ0n) is 12.4. The van der Waals surface area contributed by atoms with Gasteiger partial charge in [0.2, 0.25) is 17.8 Å². The standard InChI is InChI=1S/C14H24N6/c1-10(9-11-5-6-11)16-13-17-12(15-2)18-14(19-13)20-7-3-4-8-20/h10-11H,3-9H2,1-2H3,(H2,15,16,17,18,19). The molecule has 0 radical (unpaired) electrons. The Labute approximate surface area is 120 Å². The molecule has 0 aromatic carbocycles. The normalized spacial score (nSPS) is 20.0. The van der Waals surface area contributed by atoms with E-state index in [-0.39, 0.29) is 0 Å². The fourth-order valence-corrected chi connectivity index (χ4v) is 2.73. The summed E-state index contributed by atoms with van der Waals surface area (Å²) in [5, 5.41) is 6.45. The predicted octanol–water partition coefficient (Wildman–Crippen LogP) is 2.11. The zero-order valence-corrected chi connectivity index (χ0v) is 12.4. The van der Waals surface area contributed by atoms with E-state index in [1.54, 1.807) is 0 Å². The van der Waals surface area contributed by atoms with Crippen LogP contribution in [0.3, 0.4) is 0 Å². The Balaban J connectivity index is 1.72. The van der Waals surface area contributed by atoms with Gasteiger partial charge < -0.3 is 15.5 Å². The molecule has 3 rings (SSSR count). The summed E-state index contributed by atoms with van der Waals surface area (Å²) < 4.78 is 0. The minimum Gasteiger partial charge on any atom is -0.357 e. The van der Waals surface area contributed by atoms with Crippen LogP contribution < -0.4 is 15.5 Å². The number of nitrogens with zero attached hydrogens (tertiary/aromatic N) is 4. The van der Waals surface area contributed by atoms with Gasteiger partial charge >= 0.3 is 0 Å². The molecular formula is C14H24N6. The van der Waals surface area contributed by atoms with Crippen LogP contribution in [0.2, 0.25) is 0 Å². The number of hydrogen-bond donors (Lipinski definition) is 2. The van der Waals surface area contributed by atoms with E-state index in [1.807, 2.05) is 7.05 Å². The molecule has 1 aliphatic carbocycles. The highest BCUT2D eigenvalue weighted by atomic mass is 15.3. The number of nitrogens with one attached hydrogen (secondary N) is 2. The molecular weight excluding hydrogens is 252 g/mol. The molecule has 20 heavy (non-hydrogen) atoms. The minimum absolute atomic E-state index is 0.418. The van der Waals surface area contributed by atoms with Crippen molar-refractivity contribution < 1.29 is 0 Å². The molecule has 2 aliphatic rings. The molecule has 6 nitrogen and oxygen atoms in total. The smallest absolute Gasteiger partial charge is 0.231 e. The third-order valence-electron chi connectivity index (χ3n) is 4.00. The molecule has 1 saturated heterocycles. The first-order valence-corrected chi connectivity index (χ1v) is 7.70. The topological polar surface area (TPSA) is 66.0 Å². The molecule has 110 valence electrons. The van der Waals surface area contributed by atoms with Crippen molar-refractivity contribution in [2.24, 2.45) is 5.92 Å². The van der Waals surface area contributed by atoms with Gasteiger partial charge in [-0.25, -0.2) is 0 Å². The van der Waals surface area contributed by atoms with E-state index in [4.69, 9.17) is 0 Å². The first-order valence-electron chi connectivity index (χ1n) is 7.70. The van der Waals surface area contributed by atoms with E-state index in [2.05, 4.69) is 37.4 Å². The Morgan fingerprint density at radius 3 is 2.50 bits per heavy atom. The van der Waals surface area contributed by atoms with Crippen LogP contribution in [0.4, 0.5) is 17.8 Å². The van der Waals surface area contributed by atoms with Gasteiger partial charge in [-0.3, -0.25) is 0 Å². The third-order valence-corrected chi connectivity index (χ3v) is 4.00. The molecule has 2 N–H and O–H groups in total. The number of anilines is 3. The van der Waals surface area contributed by atoms with E-state index in [1.165, 1.54) is 32.1 Å². The number of hydrogen-bond acceptors (Lipinski definition) is 6. The molecule has 6 heteroatoms. The number of aromatic nitrogens is 3. The van der Waals surface area contributed by atoms with Crippen molar-refractivity contribution in [3.05, 3.63) is 0 Å². The van der Waals surface area contributed by atoms with Gasteiger partial charge in [-0.1, -0.05) is 12.8 Å². The van der Waals surface area contributed by atoms with Gasteiger partial charge in [-0.15, -0.1) is 0 Å². The molecule has 1 saturated carbocycles. The average molecular weight is 276 g/mol. The van der Waals surface area contributed by atoms with Gasteiger partial charge in [-0.05, 0) is 32.1 Å². The highest BCUT2D eigenvalue weighted by Gasteiger charge is 2.24. The number of rotatable bonds is 6. The first kappa shape index (κ1) is 13.4. The zero-order chi connectivity index (χ0) is 13.9. The summed E-state index contributed by atoms with van der Waals surface area (Å²) >= 11 is 0. The van der Waals surface area contributed by atoms with E-state index in [9.17, 15) is 0 Å². The molecule has 1 unspecified atom stereocenters. The Morgan fingerprint density at radius 1 is 1.15 bits per heavy atom. The van der Waals surface area contributed by atoms with Crippen LogP contribution in [-0.2, 0) is 0 Å². The quantitative estimate of drug-likeness (QED) is 0.829. The third kappa shape index (κ3) is 3.29. The van der Waals surface area contributed by atoms with Crippen molar-refractivity contribution in [3.8, 4) is 0 Å². The van der Waals surface area contributed by atoms with Crippen molar-refractivity contribution in [1.29, 1.82) is 0 Å². The summed E-state index contributed by atoms with van der Waals surface area (Å²) in [4.78, 5) is 15.7. The summed E-state index contributed by atoms with van der Waals surface area (Å²) in [7, 11) is 1.85.